The lowest BCUT2D eigenvalue weighted by Crippen LogP contribution is -2.29. The van der Waals surface area contributed by atoms with Crippen LogP contribution < -0.4 is 0 Å². The molecule has 1 aromatic rings. The third-order valence-corrected chi connectivity index (χ3v) is 4.89. The molecule has 1 aromatic carbocycles. The van der Waals surface area contributed by atoms with Crippen molar-refractivity contribution in [1.29, 1.82) is 0 Å². The van der Waals surface area contributed by atoms with Crippen molar-refractivity contribution < 1.29 is 5.11 Å². The fraction of sp³-hybridized carbons (Fsp3) is 0.529. The molecule has 1 saturated carbocycles. The van der Waals surface area contributed by atoms with Crippen molar-refractivity contribution in [3.8, 4) is 5.75 Å². The molecule has 1 fully saturated rings. The zero-order valence-electron chi connectivity index (χ0n) is 12.1. The Bertz CT molecular complexity index is 518. The van der Waals surface area contributed by atoms with Gasteiger partial charge in [-0.15, -0.1) is 0 Å². The van der Waals surface area contributed by atoms with Gasteiger partial charge in [-0.05, 0) is 80.4 Å². The van der Waals surface area contributed by atoms with E-state index in [0.29, 0.717) is 10.9 Å². The summed E-state index contributed by atoms with van der Waals surface area (Å²) >= 11 is 6.11. The minimum atomic E-state index is 0.259. The smallest absolute Gasteiger partial charge is 0.117 e. The Morgan fingerprint density at radius 2 is 2.05 bits per heavy atom. The van der Waals surface area contributed by atoms with E-state index >= 15 is 0 Å². The van der Waals surface area contributed by atoms with E-state index in [1.165, 1.54) is 24.8 Å². The predicted octanol–water partition coefficient (Wildman–Crippen LogP) is 4.04. The summed E-state index contributed by atoms with van der Waals surface area (Å²) in [5.74, 6) is 2.31. The molecule has 0 unspecified atom stereocenters. The number of aromatic hydroxyl groups is 1. The Kier molecular flexibility index (Phi) is 3.78. The molecule has 2 aliphatic rings. The summed E-state index contributed by atoms with van der Waals surface area (Å²) in [5, 5.41) is 10.4. The summed E-state index contributed by atoms with van der Waals surface area (Å²) in [4.78, 5) is 2.27. The Morgan fingerprint density at radius 1 is 1.25 bits per heavy atom. The zero-order chi connectivity index (χ0) is 14.3. The molecule has 0 amide bonds. The van der Waals surface area contributed by atoms with Crippen LogP contribution in [0.4, 0.5) is 0 Å². The van der Waals surface area contributed by atoms with Gasteiger partial charge in [-0.2, -0.15) is 0 Å². The summed E-state index contributed by atoms with van der Waals surface area (Å²) in [5.41, 5.74) is 2.48. The molecule has 2 aliphatic carbocycles. The van der Waals surface area contributed by atoms with Gasteiger partial charge in [0.25, 0.3) is 0 Å². The topological polar surface area (TPSA) is 23.5 Å². The normalized spacial score (nSPS) is 28.8. The average molecular weight is 292 g/mol. The molecule has 3 rings (SSSR count). The van der Waals surface area contributed by atoms with Crippen LogP contribution in [-0.2, 0) is 0 Å². The van der Waals surface area contributed by atoms with Gasteiger partial charge >= 0.3 is 0 Å². The van der Waals surface area contributed by atoms with Gasteiger partial charge in [-0.3, -0.25) is 0 Å². The third kappa shape index (κ3) is 2.72. The van der Waals surface area contributed by atoms with Crippen molar-refractivity contribution in [2.75, 3.05) is 20.6 Å². The molecule has 1 N–H and O–H groups in total. The lowest BCUT2D eigenvalue weighted by atomic mass is 9.76. The summed E-state index contributed by atoms with van der Waals surface area (Å²) < 4.78 is 0. The highest BCUT2D eigenvalue weighted by atomic mass is 35.5. The maximum absolute atomic E-state index is 9.82. The number of hydrogen-bond donors (Lipinski definition) is 1. The summed E-state index contributed by atoms with van der Waals surface area (Å²) in [6.45, 7) is 1.07. The molecule has 20 heavy (non-hydrogen) atoms. The van der Waals surface area contributed by atoms with Crippen molar-refractivity contribution in [1.82, 2.24) is 4.90 Å². The second kappa shape index (κ2) is 5.42. The standard InChI is InChI=1S/C17H22ClNO/c1-19(2)10-17-12-4-3-11(5-12)6-16(17)13-7-14(18)9-15(20)8-13/h6-9,11-12,17,20H,3-5,10H2,1-2H3/t11-,12+,17+/m1/s1. The molecule has 3 atom stereocenters. The second-order valence-electron chi connectivity index (χ2n) is 6.52. The highest BCUT2D eigenvalue weighted by Gasteiger charge is 2.37. The van der Waals surface area contributed by atoms with E-state index in [2.05, 4.69) is 25.1 Å². The van der Waals surface area contributed by atoms with E-state index in [9.17, 15) is 5.11 Å². The van der Waals surface area contributed by atoms with Gasteiger partial charge in [-0.1, -0.05) is 17.7 Å². The third-order valence-electron chi connectivity index (χ3n) is 4.68. The van der Waals surface area contributed by atoms with Gasteiger partial charge in [0, 0.05) is 11.6 Å². The van der Waals surface area contributed by atoms with Gasteiger partial charge in [0.2, 0.25) is 0 Å². The van der Waals surface area contributed by atoms with Crippen LogP contribution in [0.5, 0.6) is 5.75 Å². The zero-order valence-corrected chi connectivity index (χ0v) is 12.9. The van der Waals surface area contributed by atoms with E-state index in [0.717, 1.165) is 23.9 Å². The Morgan fingerprint density at radius 3 is 2.75 bits per heavy atom. The maximum atomic E-state index is 9.82. The molecule has 0 aromatic heterocycles. The lowest BCUT2D eigenvalue weighted by Gasteiger charge is -2.32. The van der Waals surface area contributed by atoms with Crippen LogP contribution in [0.15, 0.2) is 24.3 Å². The van der Waals surface area contributed by atoms with Crippen LogP contribution >= 0.6 is 11.6 Å². The Hall–Kier alpha value is -0.990. The molecule has 0 saturated heterocycles. The van der Waals surface area contributed by atoms with E-state index in [1.807, 2.05) is 12.1 Å². The van der Waals surface area contributed by atoms with Crippen LogP contribution in [-0.4, -0.2) is 30.6 Å². The average Bonchev–Trinajstić information content (AvgIpc) is 2.74. The number of allylic oxidation sites excluding steroid dienone is 1. The van der Waals surface area contributed by atoms with Crippen molar-refractivity contribution in [3.05, 3.63) is 34.9 Å². The first kappa shape index (κ1) is 14.0. The minimum Gasteiger partial charge on any atom is -0.508 e. The Balaban J connectivity index is 1.99. The molecule has 108 valence electrons. The number of nitrogens with zero attached hydrogens (tertiary/aromatic N) is 1. The molecule has 0 spiro atoms. The number of phenolic OH excluding ortho intramolecular Hbond substituents is 1. The first-order chi connectivity index (χ1) is 9.52. The van der Waals surface area contributed by atoms with Crippen molar-refractivity contribution in [2.45, 2.75) is 19.3 Å². The molecular weight excluding hydrogens is 270 g/mol. The van der Waals surface area contributed by atoms with Gasteiger partial charge in [0.15, 0.2) is 0 Å². The van der Waals surface area contributed by atoms with Gasteiger partial charge in [0.05, 0.1) is 0 Å². The number of halogens is 1. The summed E-state index contributed by atoms with van der Waals surface area (Å²) in [7, 11) is 4.27. The van der Waals surface area contributed by atoms with Crippen molar-refractivity contribution in [2.24, 2.45) is 17.8 Å². The molecule has 0 heterocycles. The molecule has 0 aliphatic heterocycles. The quantitative estimate of drug-likeness (QED) is 0.908. The van der Waals surface area contributed by atoms with Crippen LogP contribution in [0.1, 0.15) is 24.8 Å². The largest absolute Gasteiger partial charge is 0.508 e. The second-order valence-corrected chi connectivity index (χ2v) is 6.96. The summed E-state index contributed by atoms with van der Waals surface area (Å²) in [6.07, 6.45) is 6.40. The molecule has 2 nitrogen and oxygen atoms in total. The predicted molar refractivity (Wildman–Crippen MR) is 84.0 cm³/mol. The molecular formula is C17H22ClNO. The van der Waals surface area contributed by atoms with Crippen LogP contribution in [0.3, 0.4) is 0 Å². The highest BCUT2D eigenvalue weighted by Crippen LogP contribution is 2.48. The van der Waals surface area contributed by atoms with Crippen molar-refractivity contribution >= 4 is 17.2 Å². The molecule has 0 radical (unpaired) electrons. The summed E-state index contributed by atoms with van der Waals surface area (Å²) in [6, 6.07) is 5.44. The van der Waals surface area contributed by atoms with Crippen LogP contribution in [0.2, 0.25) is 5.02 Å². The fourth-order valence-electron chi connectivity index (χ4n) is 3.89. The fourth-order valence-corrected chi connectivity index (χ4v) is 4.12. The number of fused-ring (bicyclic) bond motifs is 2. The Labute approximate surface area is 126 Å². The van der Waals surface area contributed by atoms with Crippen molar-refractivity contribution in [3.63, 3.8) is 0 Å². The van der Waals surface area contributed by atoms with E-state index in [1.54, 1.807) is 6.07 Å². The SMILES string of the molecule is CN(C)C[C@@H]1C(c2cc(O)cc(Cl)c2)=C[C@@H]2CC[C@H]1C2. The number of benzene rings is 1. The highest BCUT2D eigenvalue weighted by molar-refractivity contribution is 6.30. The van der Waals surface area contributed by atoms with E-state index in [-0.39, 0.29) is 5.75 Å². The van der Waals surface area contributed by atoms with Gasteiger partial charge in [-0.25, -0.2) is 0 Å². The lowest BCUT2D eigenvalue weighted by molar-refractivity contribution is 0.289. The maximum Gasteiger partial charge on any atom is 0.117 e. The monoisotopic (exact) mass is 291 g/mol. The first-order valence-electron chi connectivity index (χ1n) is 7.39. The van der Waals surface area contributed by atoms with E-state index < -0.39 is 0 Å². The number of rotatable bonds is 3. The van der Waals surface area contributed by atoms with Crippen LogP contribution in [0, 0.1) is 17.8 Å². The van der Waals surface area contributed by atoms with Gasteiger partial charge in [0.1, 0.15) is 5.75 Å². The number of phenols is 1. The minimum absolute atomic E-state index is 0.259. The van der Waals surface area contributed by atoms with Crippen LogP contribution in [0.25, 0.3) is 5.57 Å². The van der Waals surface area contributed by atoms with E-state index in [4.69, 9.17) is 11.6 Å². The first-order valence-corrected chi connectivity index (χ1v) is 7.77. The molecule has 3 heteroatoms. The molecule has 2 bridgehead atoms. The van der Waals surface area contributed by atoms with Gasteiger partial charge < -0.3 is 10.0 Å². The number of hydrogen-bond acceptors (Lipinski definition) is 2.